The maximum Gasteiger partial charge on any atom is 0.414 e. The van der Waals surface area contributed by atoms with Gasteiger partial charge in [-0.15, -0.1) is 0 Å². The Morgan fingerprint density at radius 2 is 2.23 bits per heavy atom. The molecule has 3 rings (SSSR count). The molecule has 138 valence electrons. The second-order valence-corrected chi connectivity index (χ2v) is 5.62. The van der Waals surface area contributed by atoms with E-state index in [1.807, 2.05) is 0 Å². The standard InChI is InChI=1S/C17H18FN3O5/c18-13-8-11(3-4-14(13)19-5-6-22)21-10-12(26-17(21)24)9-20-16(23)15-2-1-7-25-15/h1-4,7-8,12,19,22H,5-6,9-10H2,(H,20,23)/t12-/m0/s1. The fraction of sp³-hybridized carbons (Fsp3) is 0.294. The van der Waals surface area contributed by atoms with Gasteiger partial charge in [0.15, 0.2) is 5.76 Å². The van der Waals surface area contributed by atoms with Gasteiger partial charge >= 0.3 is 6.09 Å². The minimum absolute atomic E-state index is 0.112. The Bertz CT molecular complexity index is 781. The average Bonchev–Trinajstić information content (AvgIpc) is 3.28. The number of carbonyl (C=O) groups is 2. The highest BCUT2D eigenvalue weighted by atomic mass is 19.1. The van der Waals surface area contributed by atoms with E-state index in [1.165, 1.54) is 29.4 Å². The Morgan fingerprint density at radius 1 is 1.38 bits per heavy atom. The Labute approximate surface area is 148 Å². The van der Waals surface area contributed by atoms with Crippen molar-refractivity contribution in [2.75, 3.05) is 36.5 Å². The Morgan fingerprint density at radius 3 is 2.92 bits per heavy atom. The molecular weight excluding hydrogens is 345 g/mol. The van der Waals surface area contributed by atoms with Crippen LogP contribution in [0.4, 0.5) is 20.6 Å². The second-order valence-electron chi connectivity index (χ2n) is 5.62. The molecule has 2 aromatic rings. The summed E-state index contributed by atoms with van der Waals surface area (Å²) in [5, 5.41) is 14.1. The third kappa shape index (κ3) is 3.94. The van der Waals surface area contributed by atoms with Gasteiger partial charge in [0.05, 0.1) is 37.3 Å². The second kappa shape index (κ2) is 7.87. The van der Waals surface area contributed by atoms with E-state index in [1.54, 1.807) is 12.1 Å². The number of cyclic esters (lactones) is 1. The fourth-order valence-corrected chi connectivity index (χ4v) is 2.55. The summed E-state index contributed by atoms with van der Waals surface area (Å²) in [5.41, 5.74) is 0.583. The maximum atomic E-state index is 14.1. The number of hydrogen-bond donors (Lipinski definition) is 3. The highest BCUT2D eigenvalue weighted by molar-refractivity contribution is 5.92. The minimum Gasteiger partial charge on any atom is -0.459 e. The number of carbonyl (C=O) groups excluding carboxylic acids is 2. The van der Waals surface area contributed by atoms with Crippen molar-refractivity contribution >= 4 is 23.4 Å². The zero-order valence-electron chi connectivity index (χ0n) is 13.8. The first-order valence-corrected chi connectivity index (χ1v) is 8.02. The SMILES string of the molecule is O=C(NC[C@H]1CN(c2ccc(NCCO)c(F)c2)C(=O)O1)c1ccco1. The third-order valence-electron chi connectivity index (χ3n) is 3.80. The van der Waals surface area contributed by atoms with Gasteiger partial charge in [-0.25, -0.2) is 9.18 Å². The molecule has 2 heterocycles. The van der Waals surface area contributed by atoms with Gasteiger partial charge < -0.3 is 24.9 Å². The van der Waals surface area contributed by atoms with Gasteiger partial charge in [-0.05, 0) is 30.3 Å². The van der Waals surface area contributed by atoms with Crippen LogP contribution in [0.2, 0.25) is 0 Å². The summed E-state index contributed by atoms with van der Waals surface area (Å²) < 4.78 is 24.3. The van der Waals surface area contributed by atoms with Crippen LogP contribution in [0.25, 0.3) is 0 Å². The van der Waals surface area contributed by atoms with Crippen LogP contribution in [0.1, 0.15) is 10.6 Å². The molecule has 1 aromatic heterocycles. The molecule has 1 aliphatic rings. The molecule has 1 saturated heterocycles. The van der Waals surface area contributed by atoms with Crippen LogP contribution in [0.15, 0.2) is 41.0 Å². The van der Waals surface area contributed by atoms with Gasteiger partial charge in [0.25, 0.3) is 5.91 Å². The quantitative estimate of drug-likeness (QED) is 0.690. The number of rotatable bonds is 7. The highest BCUT2D eigenvalue weighted by Crippen LogP contribution is 2.25. The van der Waals surface area contributed by atoms with E-state index < -0.39 is 23.9 Å². The molecule has 1 fully saturated rings. The van der Waals surface area contributed by atoms with Crippen LogP contribution >= 0.6 is 0 Å². The number of aliphatic hydroxyl groups is 1. The highest BCUT2D eigenvalue weighted by Gasteiger charge is 2.33. The van der Waals surface area contributed by atoms with Crippen LogP contribution < -0.4 is 15.5 Å². The lowest BCUT2D eigenvalue weighted by Gasteiger charge is -2.15. The van der Waals surface area contributed by atoms with Crippen molar-refractivity contribution in [1.82, 2.24) is 5.32 Å². The third-order valence-corrected chi connectivity index (χ3v) is 3.80. The molecular formula is C17H18FN3O5. The molecule has 0 saturated carbocycles. The molecule has 9 heteroatoms. The molecule has 26 heavy (non-hydrogen) atoms. The predicted octanol–water partition coefficient (Wildman–Crippen LogP) is 1.58. The van der Waals surface area contributed by atoms with Gasteiger partial charge in [0.1, 0.15) is 11.9 Å². The van der Waals surface area contributed by atoms with Crippen molar-refractivity contribution < 1.29 is 28.2 Å². The van der Waals surface area contributed by atoms with Crippen LogP contribution in [0.3, 0.4) is 0 Å². The molecule has 1 aliphatic heterocycles. The van der Waals surface area contributed by atoms with Crippen molar-refractivity contribution in [3.63, 3.8) is 0 Å². The molecule has 1 atom stereocenters. The molecule has 3 N–H and O–H groups in total. The molecule has 0 spiro atoms. The first-order valence-electron chi connectivity index (χ1n) is 8.02. The van der Waals surface area contributed by atoms with Crippen molar-refractivity contribution in [1.29, 1.82) is 0 Å². The number of nitrogens with zero attached hydrogens (tertiary/aromatic N) is 1. The number of furan rings is 1. The number of nitrogens with one attached hydrogen (secondary N) is 2. The summed E-state index contributed by atoms with van der Waals surface area (Å²) in [7, 11) is 0. The number of amides is 2. The van der Waals surface area contributed by atoms with E-state index in [-0.39, 0.29) is 37.7 Å². The normalized spacial score (nSPS) is 16.5. The lowest BCUT2D eigenvalue weighted by molar-refractivity contribution is 0.0889. The van der Waals surface area contributed by atoms with Gasteiger partial charge in [-0.1, -0.05) is 0 Å². The number of ether oxygens (including phenoxy) is 1. The van der Waals surface area contributed by atoms with Crippen LogP contribution in [-0.2, 0) is 4.74 Å². The fourth-order valence-electron chi connectivity index (χ4n) is 2.55. The first-order chi connectivity index (χ1) is 12.6. The van der Waals surface area contributed by atoms with Gasteiger partial charge in [-0.2, -0.15) is 0 Å². The Balaban J connectivity index is 1.59. The molecule has 0 unspecified atom stereocenters. The molecule has 0 bridgehead atoms. The predicted molar refractivity (Wildman–Crippen MR) is 90.6 cm³/mol. The number of benzene rings is 1. The Hall–Kier alpha value is -3.07. The smallest absolute Gasteiger partial charge is 0.414 e. The van der Waals surface area contributed by atoms with Gasteiger partial charge in [0.2, 0.25) is 0 Å². The zero-order valence-corrected chi connectivity index (χ0v) is 13.8. The van der Waals surface area contributed by atoms with E-state index >= 15 is 0 Å². The number of anilines is 2. The topological polar surface area (TPSA) is 104 Å². The minimum atomic E-state index is -0.613. The van der Waals surface area contributed by atoms with Crippen LogP contribution in [0, 0.1) is 5.82 Å². The van der Waals surface area contributed by atoms with E-state index in [2.05, 4.69) is 10.6 Å². The van der Waals surface area contributed by atoms with Crippen molar-refractivity contribution in [3.8, 4) is 0 Å². The molecule has 1 aromatic carbocycles. The lowest BCUT2D eigenvalue weighted by atomic mass is 10.2. The molecule has 0 aliphatic carbocycles. The van der Waals surface area contributed by atoms with Gasteiger partial charge in [0, 0.05) is 6.54 Å². The van der Waals surface area contributed by atoms with E-state index in [4.69, 9.17) is 14.3 Å². The maximum absolute atomic E-state index is 14.1. The summed E-state index contributed by atoms with van der Waals surface area (Å²) in [6.07, 6.45) is 0.217. The van der Waals surface area contributed by atoms with Gasteiger partial charge in [-0.3, -0.25) is 9.69 Å². The average molecular weight is 363 g/mol. The summed E-state index contributed by atoms with van der Waals surface area (Å²) in [5.74, 6) is -0.785. The number of hydrogen-bond acceptors (Lipinski definition) is 6. The summed E-state index contributed by atoms with van der Waals surface area (Å²) in [6, 6.07) is 7.40. The molecule has 2 amide bonds. The molecule has 0 radical (unpaired) electrons. The van der Waals surface area contributed by atoms with E-state index in [0.717, 1.165) is 0 Å². The van der Waals surface area contributed by atoms with Crippen LogP contribution in [-0.4, -0.2) is 49.5 Å². The summed E-state index contributed by atoms with van der Waals surface area (Å²) in [6.45, 7) is 0.394. The Kier molecular flexibility index (Phi) is 5.37. The lowest BCUT2D eigenvalue weighted by Crippen LogP contribution is -2.34. The van der Waals surface area contributed by atoms with E-state index in [0.29, 0.717) is 5.69 Å². The molecule has 8 nitrogen and oxygen atoms in total. The summed E-state index contributed by atoms with van der Waals surface area (Å²) >= 11 is 0. The van der Waals surface area contributed by atoms with Crippen molar-refractivity contribution in [2.24, 2.45) is 0 Å². The first kappa shape index (κ1) is 17.7. The largest absolute Gasteiger partial charge is 0.459 e. The van der Waals surface area contributed by atoms with E-state index in [9.17, 15) is 14.0 Å². The zero-order chi connectivity index (χ0) is 18.5. The monoisotopic (exact) mass is 363 g/mol. The van der Waals surface area contributed by atoms with Crippen LogP contribution in [0.5, 0.6) is 0 Å². The number of aliphatic hydroxyl groups excluding tert-OH is 1. The summed E-state index contributed by atoms with van der Waals surface area (Å²) in [4.78, 5) is 25.2. The number of halogens is 1. The van der Waals surface area contributed by atoms with Crippen molar-refractivity contribution in [3.05, 3.63) is 48.2 Å². The van der Waals surface area contributed by atoms with Crippen molar-refractivity contribution in [2.45, 2.75) is 6.10 Å².